The Balaban J connectivity index is 1.37. The van der Waals surface area contributed by atoms with E-state index in [1.54, 1.807) is 0 Å². The van der Waals surface area contributed by atoms with Crippen molar-refractivity contribution in [2.75, 3.05) is 33.2 Å². The Morgan fingerprint density at radius 1 is 1.07 bits per heavy atom. The zero-order chi connectivity index (χ0) is 20.2. The summed E-state index contributed by atoms with van der Waals surface area (Å²) in [5.41, 5.74) is 2.90. The number of piperazine rings is 1. The minimum Gasteiger partial charge on any atom is -0.489 e. The SMILES string of the molecule is CN1CCN(C(=O)CC2CCc3cc(OCc4ccccc4)ccc3C2=O)CC1. The van der Waals surface area contributed by atoms with Crippen molar-refractivity contribution in [3.05, 3.63) is 65.2 Å². The van der Waals surface area contributed by atoms with Crippen LogP contribution >= 0.6 is 0 Å². The number of carbonyl (C=O) groups is 2. The van der Waals surface area contributed by atoms with E-state index in [4.69, 9.17) is 4.74 Å². The Bertz CT molecular complexity index is 873. The molecule has 152 valence electrons. The number of benzene rings is 2. The Hall–Kier alpha value is -2.66. The van der Waals surface area contributed by atoms with E-state index in [1.807, 2.05) is 53.4 Å². The van der Waals surface area contributed by atoms with Crippen molar-refractivity contribution in [3.63, 3.8) is 0 Å². The molecule has 1 aliphatic carbocycles. The highest BCUT2D eigenvalue weighted by Crippen LogP contribution is 2.31. The molecule has 1 unspecified atom stereocenters. The van der Waals surface area contributed by atoms with Gasteiger partial charge in [0.25, 0.3) is 0 Å². The van der Waals surface area contributed by atoms with Crippen molar-refractivity contribution in [2.24, 2.45) is 5.92 Å². The highest BCUT2D eigenvalue weighted by atomic mass is 16.5. The molecule has 29 heavy (non-hydrogen) atoms. The van der Waals surface area contributed by atoms with Gasteiger partial charge in [-0.25, -0.2) is 0 Å². The number of amides is 1. The second-order valence-electron chi connectivity index (χ2n) is 8.08. The fraction of sp³-hybridized carbons (Fsp3) is 0.417. The third-order valence-electron chi connectivity index (χ3n) is 6.00. The van der Waals surface area contributed by atoms with Crippen LogP contribution in [0.5, 0.6) is 5.75 Å². The number of hydrogen-bond donors (Lipinski definition) is 0. The molecule has 0 saturated carbocycles. The number of Topliss-reactive ketones (excluding diaryl/α,β-unsaturated/α-hetero) is 1. The molecule has 1 amide bonds. The molecule has 0 bridgehead atoms. The van der Waals surface area contributed by atoms with E-state index >= 15 is 0 Å². The van der Waals surface area contributed by atoms with Gasteiger partial charge in [-0.05, 0) is 49.2 Å². The van der Waals surface area contributed by atoms with Gasteiger partial charge in [0.1, 0.15) is 12.4 Å². The Labute approximate surface area is 172 Å². The topological polar surface area (TPSA) is 49.9 Å². The second-order valence-corrected chi connectivity index (χ2v) is 8.08. The number of rotatable bonds is 5. The molecule has 0 spiro atoms. The van der Waals surface area contributed by atoms with E-state index < -0.39 is 0 Å². The van der Waals surface area contributed by atoms with Crippen LogP contribution in [0.4, 0.5) is 0 Å². The molecular weight excluding hydrogens is 364 g/mol. The quantitative estimate of drug-likeness (QED) is 0.784. The predicted octanol–water partition coefficient (Wildman–Crippen LogP) is 3.17. The maximum atomic E-state index is 13.0. The van der Waals surface area contributed by atoms with Crippen LogP contribution in [0.3, 0.4) is 0 Å². The van der Waals surface area contributed by atoms with Gasteiger partial charge in [-0.1, -0.05) is 30.3 Å². The molecule has 1 saturated heterocycles. The third kappa shape index (κ3) is 4.67. The normalized spacial score (nSPS) is 19.7. The van der Waals surface area contributed by atoms with Crippen LogP contribution in [0.25, 0.3) is 0 Å². The molecular formula is C24H28N2O3. The fourth-order valence-electron chi connectivity index (χ4n) is 4.12. The standard InChI is InChI=1S/C24H28N2O3/c1-25-11-13-26(14-12-25)23(27)16-20-8-7-19-15-21(9-10-22(19)24(20)28)29-17-18-5-3-2-4-6-18/h2-6,9-10,15,20H,7-8,11-14,16-17H2,1H3. The van der Waals surface area contributed by atoms with Crippen LogP contribution in [0.1, 0.15) is 34.3 Å². The highest BCUT2D eigenvalue weighted by molar-refractivity contribution is 6.02. The van der Waals surface area contributed by atoms with Crippen molar-refractivity contribution >= 4 is 11.7 Å². The molecule has 4 rings (SSSR count). The number of likely N-dealkylation sites (N-methyl/N-ethyl adjacent to an activating group) is 1. The van der Waals surface area contributed by atoms with Gasteiger partial charge in [0.2, 0.25) is 5.91 Å². The summed E-state index contributed by atoms with van der Waals surface area (Å²) in [4.78, 5) is 29.7. The molecule has 0 aromatic heterocycles. The average molecular weight is 392 g/mol. The van der Waals surface area contributed by atoms with Gasteiger partial charge in [0.15, 0.2) is 5.78 Å². The zero-order valence-electron chi connectivity index (χ0n) is 17.0. The summed E-state index contributed by atoms with van der Waals surface area (Å²) < 4.78 is 5.90. The van der Waals surface area contributed by atoms with E-state index in [9.17, 15) is 9.59 Å². The average Bonchev–Trinajstić information content (AvgIpc) is 2.75. The van der Waals surface area contributed by atoms with Crippen LogP contribution in [-0.2, 0) is 17.8 Å². The van der Waals surface area contributed by atoms with Gasteiger partial charge < -0.3 is 14.5 Å². The van der Waals surface area contributed by atoms with E-state index in [0.29, 0.717) is 13.0 Å². The number of nitrogens with zero attached hydrogens (tertiary/aromatic N) is 2. The number of aryl methyl sites for hydroxylation is 1. The first kappa shape index (κ1) is 19.6. The van der Waals surface area contributed by atoms with Crippen LogP contribution < -0.4 is 4.74 Å². The lowest BCUT2D eigenvalue weighted by molar-refractivity contribution is -0.133. The van der Waals surface area contributed by atoms with Crippen molar-refractivity contribution in [1.29, 1.82) is 0 Å². The number of hydrogen-bond acceptors (Lipinski definition) is 4. The van der Waals surface area contributed by atoms with Gasteiger partial charge in [-0.2, -0.15) is 0 Å². The minimum atomic E-state index is -0.203. The second kappa shape index (κ2) is 8.78. The Kier molecular flexibility index (Phi) is 5.95. The molecule has 2 aromatic carbocycles. The molecule has 1 aliphatic heterocycles. The van der Waals surface area contributed by atoms with E-state index in [-0.39, 0.29) is 17.6 Å². The maximum absolute atomic E-state index is 13.0. The van der Waals surface area contributed by atoms with Gasteiger partial charge in [-0.3, -0.25) is 9.59 Å². The van der Waals surface area contributed by atoms with Gasteiger partial charge in [0.05, 0.1) is 0 Å². The molecule has 1 heterocycles. The molecule has 5 nitrogen and oxygen atoms in total. The molecule has 1 atom stereocenters. The lowest BCUT2D eigenvalue weighted by Crippen LogP contribution is -2.47. The van der Waals surface area contributed by atoms with Crippen LogP contribution in [0.15, 0.2) is 48.5 Å². The van der Waals surface area contributed by atoms with E-state index in [2.05, 4.69) is 11.9 Å². The zero-order valence-corrected chi connectivity index (χ0v) is 17.0. The molecule has 0 N–H and O–H groups in total. The molecule has 5 heteroatoms. The van der Waals surface area contributed by atoms with Crippen LogP contribution in [-0.4, -0.2) is 54.7 Å². The van der Waals surface area contributed by atoms with Gasteiger partial charge >= 0.3 is 0 Å². The van der Waals surface area contributed by atoms with Crippen LogP contribution in [0.2, 0.25) is 0 Å². The van der Waals surface area contributed by atoms with Crippen molar-refractivity contribution in [2.45, 2.75) is 25.9 Å². The summed E-state index contributed by atoms with van der Waals surface area (Å²) in [5.74, 6) is 0.796. The van der Waals surface area contributed by atoms with Crippen LogP contribution in [0, 0.1) is 5.92 Å². The van der Waals surface area contributed by atoms with E-state index in [0.717, 1.165) is 61.5 Å². The fourth-order valence-corrected chi connectivity index (χ4v) is 4.12. The summed E-state index contributed by atoms with van der Waals surface area (Å²) in [5, 5.41) is 0. The highest BCUT2D eigenvalue weighted by Gasteiger charge is 2.31. The summed E-state index contributed by atoms with van der Waals surface area (Å²) in [6.45, 7) is 3.83. The monoisotopic (exact) mass is 392 g/mol. The largest absolute Gasteiger partial charge is 0.489 e. The number of fused-ring (bicyclic) bond motifs is 1. The summed E-state index contributed by atoms with van der Waals surface area (Å²) >= 11 is 0. The molecule has 0 radical (unpaired) electrons. The molecule has 2 aliphatic rings. The maximum Gasteiger partial charge on any atom is 0.223 e. The lowest BCUT2D eigenvalue weighted by atomic mass is 9.81. The Morgan fingerprint density at radius 3 is 2.59 bits per heavy atom. The van der Waals surface area contributed by atoms with E-state index in [1.165, 1.54) is 0 Å². The van der Waals surface area contributed by atoms with Gasteiger partial charge in [0, 0.05) is 44.1 Å². The first-order chi connectivity index (χ1) is 14.1. The summed E-state index contributed by atoms with van der Waals surface area (Å²) in [7, 11) is 2.07. The first-order valence-corrected chi connectivity index (χ1v) is 10.4. The number of ether oxygens (including phenoxy) is 1. The minimum absolute atomic E-state index is 0.100. The van der Waals surface area contributed by atoms with Gasteiger partial charge in [-0.15, -0.1) is 0 Å². The molecule has 2 aromatic rings. The molecule has 1 fully saturated rings. The number of ketones is 1. The van der Waals surface area contributed by atoms with Crippen molar-refractivity contribution < 1.29 is 14.3 Å². The Morgan fingerprint density at radius 2 is 1.83 bits per heavy atom. The third-order valence-corrected chi connectivity index (χ3v) is 6.00. The summed E-state index contributed by atoms with van der Waals surface area (Å²) in [6.07, 6.45) is 1.87. The number of carbonyl (C=O) groups excluding carboxylic acids is 2. The van der Waals surface area contributed by atoms with Crippen molar-refractivity contribution in [1.82, 2.24) is 9.80 Å². The first-order valence-electron chi connectivity index (χ1n) is 10.4. The summed E-state index contributed by atoms with van der Waals surface area (Å²) in [6, 6.07) is 15.7. The predicted molar refractivity (Wildman–Crippen MR) is 112 cm³/mol. The van der Waals surface area contributed by atoms with Crippen molar-refractivity contribution in [3.8, 4) is 5.75 Å². The lowest BCUT2D eigenvalue weighted by Gasteiger charge is -2.33. The smallest absolute Gasteiger partial charge is 0.223 e.